The van der Waals surface area contributed by atoms with Crippen LogP contribution in [0.5, 0.6) is 11.5 Å². The normalized spacial score (nSPS) is 23.6. The van der Waals surface area contributed by atoms with E-state index in [0.29, 0.717) is 29.7 Å². The molecule has 0 bridgehead atoms. The van der Waals surface area contributed by atoms with Crippen molar-refractivity contribution in [2.75, 3.05) is 26.6 Å². The molecular formula is C18H20ClNO5. The summed E-state index contributed by atoms with van der Waals surface area (Å²) in [5.74, 6) is 1.11. The van der Waals surface area contributed by atoms with Gasteiger partial charge in [0.1, 0.15) is 0 Å². The van der Waals surface area contributed by atoms with Gasteiger partial charge in [0.2, 0.25) is 12.7 Å². The number of hydrogen-bond acceptors (Lipinski definition) is 5. The van der Waals surface area contributed by atoms with Crippen molar-refractivity contribution < 1.29 is 23.7 Å². The van der Waals surface area contributed by atoms with Gasteiger partial charge in [0, 0.05) is 12.6 Å². The highest BCUT2D eigenvalue weighted by Crippen LogP contribution is 2.40. The van der Waals surface area contributed by atoms with E-state index in [-0.39, 0.29) is 25.0 Å². The van der Waals surface area contributed by atoms with Gasteiger partial charge >= 0.3 is 0 Å². The number of fused-ring (bicyclic) bond motifs is 1. The van der Waals surface area contributed by atoms with Crippen LogP contribution >= 0.6 is 11.6 Å². The van der Waals surface area contributed by atoms with E-state index in [1.807, 2.05) is 11.0 Å². The fourth-order valence-corrected chi connectivity index (χ4v) is 3.73. The molecule has 1 aromatic carbocycles. The standard InChI is InChI=1S/C18H20ClNO5/c19-13-9-12(10-15-17(13)25-11-24-15)4-5-16(21)20-6-2-1-3-14(20)18-22-7-8-23-18/h4-5,9-10,14,18H,1-3,6-8,11H2/b5-4+/t14-/m0/s1. The van der Waals surface area contributed by atoms with E-state index in [9.17, 15) is 4.79 Å². The third kappa shape index (κ3) is 3.47. The zero-order valence-corrected chi connectivity index (χ0v) is 14.5. The molecule has 2 fully saturated rings. The number of benzene rings is 1. The molecule has 0 N–H and O–H groups in total. The Bertz CT molecular complexity index is 686. The Kier molecular flexibility index (Phi) is 4.83. The lowest BCUT2D eigenvalue weighted by molar-refractivity contribution is -0.145. The highest BCUT2D eigenvalue weighted by Gasteiger charge is 2.35. The molecule has 25 heavy (non-hydrogen) atoms. The maximum absolute atomic E-state index is 12.7. The first-order chi connectivity index (χ1) is 12.2. The number of hydrogen-bond donors (Lipinski definition) is 0. The molecule has 4 rings (SSSR count). The van der Waals surface area contributed by atoms with E-state index in [4.69, 9.17) is 30.5 Å². The number of amides is 1. The third-order valence-corrected chi connectivity index (χ3v) is 4.94. The summed E-state index contributed by atoms with van der Waals surface area (Å²) in [6, 6.07) is 3.55. The van der Waals surface area contributed by atoms with E-state index in [1.54, 1.807) is 18.2 Å². The lowest BCUT2D eigenvalue weighted by Gasteiger charge is -2.37. The van der Waals surface area contributed by atoms with Crippen LogP contribution in [0.1, 0.15) is 24.8 Å². The lowest BCUT2D eigenvalue weighted by Crippen LogP contribution is -2.49. The van der Waals surface area contributed by atoms with Crippen molar-refractivity contribution in [2.24, 2.45) is 0 Å². The Morgan fingerprint density at radius 2 is 2.04 bits per heavy atom. The number of likely N-dealkylation sites (tertiary alicyclic amines) is 1. The number of nitrogens with zero attached hydrogens (tertiary/aromatic N) is 1. The highest BCUT2D eigenvalue weighted by molar-refractivity contribution is 6.32. The number of piperidine rings is 1. The number of rotatable bonds is 3. The molecule has 6 nitrogen and oxygen atoms in total. The minimum absolute atomic E-state index is 0.0197. The van der Waals surface area contributed by atoms with Gasteiger partial charge in [0.05, 0.1) is 24.3 Å². The quantitative estimate of drug-likeness (QED) is 0.771. The van der Waals surface area contributed by atoms with Gasteiger partial charge < -0.3 is 23.8 Å². The van der Waals surface area contributed by atoms with Crippen molar-refractivity contribution in [2.45, 2.75) is 31.6 Å². The average Bonchev–Trinajstić information content (AvgIpc) is 3.31. The van der Waals surface area contributed by atoms with E-state index in [1.165, 1.54) is 0 Å². The number of carbonyl (C=O) groups excluding carboxylic acids is 1. The van der Waals surface area contributed by atoms with Gasteiger partial charge in [0.15, 0.2) is 17.8 Å². The zero-order valence-electron chi connectivity index (χ0n) is 13.8. The Labute approximate surface area is 151 Å². The van der Waals surface area contributed by atoms with Gasteiger partial charge in [0.25, 0.3) is 0 Å². The van der Waals surface area contributed by atoms with Crippen LogP contribution in [-0.2, 0) is 14.3 Å². The molecule has 0 radical (unpaired) electrons. The van der Waals surface area contributed by atoms with Crippen LogP contribution in [0.2, 0.25) is 5.02 Å². The predicted octanol–water partition coefficient (Wildman–Crippen LogP) is 2.84. The van der Waals surface area contributed by atoms with Crippen LogP contribution in [0.15, 0.2) is 18.2 Å². The van der Waals surface area contributed by atoms with Crippen LogP contribution in [0.25, 0.3) is 6.08 Å². The minimum Gasteiger partial charge on any atom is -0.454 e. The first-order valence-corrected chi connectivity index (χ1v) is 8.91. The molecule has 0 aromatic heterocycles. The predicted molar refractivity (Wildman–Crippen MR) is 91.7 cm³/mol. The largest absolute Gasteiger partial charge is 0.454 e. The molecule has 1 atom stereocenters. The van der Waals surface area contributed by atoms with Crippen molar-refractivity contribution in [3.8, 4) is 11.5 Å². The summed E-state index contributed by atoms with van der Waals surface area (Å²) in [5.41, 5.74) is 0.796. The maximum Gasteiger partial charge on any atom is 0.246 e. The second-order valence-electron chi connectivity index (χ2n) is 6.27. The first-order valence-electron chi connectivity index (χ1n) is 8.53. The summed E-state index contributed by atoms with van der Waals surface area (Å²) in [6.45, 7) is 2.07. The molecule has 1 aromatic rings. The van der Waals surface area contributed by atoms with Gasteiger partial charge in [-0.3, -0.25) is 4.79 Å². The molecule has 0 saturated carbocycles. The number of carbonyl (C=O) groups is 1. The molecule has 1 amide bonds. The van der Waals surface area contributed by atoms with Crippen molar-refractivity contribution >= 4 is 23.6 Å². The van der Waals surface area contributed by atoms with Gasteiger partial charge in [-0.25, -0.2) is 0 Å². The first kappa shape index (κ1) is 16.7. The second kappa shape index (κ2) is 7.23. The molecule has 0 unspecified atom stereocenters. The van der Waals surface area contributed by atoms with E-state index >= 15 is 0 Å². The lowest BCUT2D eigenvalue weighted by atomic mass is 10.0. The van der Waals surface area contributed by atoms with Gasteiger partial charge in [-0.1, -0.05) is 11.6 Å². The molecule has 134 valence electrons. The molecule has 3 aliphatic rings. The highest BCUT2D eigenvalue weighted by atomic mass is 35.5. The molecule has 7 heteroatoms. The molecule has 3 heterocycles. The Morgan fingerprint density at radius 3 is 2.88 bits per heavy atom. The van der Waals surface area contributed by atoms with Crippen LogP contribution in [0, 0.1) is 0 Å². The van der Waals surface area contributed by atoms with Gasteiger partial charge in [-0.05, 0) is 43.0 Å². The van der Waals surface area contributed by atoms with Crippen LogP contribution in [-0.4, -0.2) is 49.7 Å². The summed E-state index contributed by atoms with van der Waals surface area (Å²) in [6.07, 6.45) is 6.00. The van der Waals surface area contributed by atoms with E-state index < -0.39 is 0 Å². The number of halogens is 1. The van der Waals surface area contributed by atoms with E-state index in [0.717, 1.165) is 31.4 Å². The molecule has 2 saturated heterocycles. The van der Waals surface area contributed by atoms with Crippen molar-refractivity contribution in [1.29, 1.82) is 0 Å². The second-order valence-corrected chi connectivity index (χ2v) is 6.68. The SMILES string of the molecule is O=C(/C=C/c1cc(Cl)c2c(c1)OCO2)N1CCCC[C@H]1C1OCCO1. The Morgan fingerprint density at radius 1 is 1.20 bits per heavy atom. The Balaban J connectivity index is 1.48. The molecule has 0 aliphatic carbocycles. The van der Waals surface area contributed by atoms with Crippen LogP contribution in [0.4, 0.5) is 0 Å². The molecule has 0 spiro atoms. The van der Waals surface area contributed by atoms with Gasteiger partial charge in [-0.15, -0.1) is 0 Å². The van der Waals surface area contributed by atoms with E-state index in [2.05, 4.69) is 0 Å². The fraction of sp³-hybridized carbons (Fsp3) is 0.500. The topological polar surface area (TPSA) is 57.2 Å². The monoisotopic (exact) mass is 365 g/mol. The van der Waals surface area contributed by atoms with Gasteiger partial charge in [-0.2, -0.15) is 0 Å². The Hall–Kier alpha value is -1.76. The minimum atomic E-state index is -0.308. The summed E-state index contributed by atoms with van der Waals surface area (Å²) in [4.78, 5) is 14.5. The summed E-state index contributed by atoms with van der Waals surface area (Å²) in [5, 5.41) is 0.478. The summed E-state index contributed by atoms with van der Waals surface area (Å²) >= 11 is 6.18. The summed E-state index contributed by atoms with van der Waals surface area (Å²) in [7, 11) is 0. The molecular weight excluding hydrogens is 346 g/mol. The third-order valence-electron chi connectivity index (χ3n) is 4.66. The van der Waals surface area contributed by atoms with Crippen LogP contribution < -0.4 is 9.47 Å². The zero-order chi connectivity index (χ0) is 17.2. The van der Waals surface area contributed by atoms with Crippen LogP contribution in [0.3, 0.4) is 0 Å². The van der Waals surface area contributed by atoms with Crippen molar-refractivity contribution in [3.05, 3.63) is 28.8 Å². The maximum atomic E-state index is 12.7. The molecule has 3 aliphatic heterocycles. The van der Waals surface area contributed by atoms with Crippen molar-refractivity contribution in [3.63, 3.8) is 0 Å². The van der Waals surface area contributed by atoms with Crippen molar-refractivity contribution in [1.82, 2.24) is 4.90 Å². The summed E-state index contributed by atoms with van der Waals surface area (Å²) < 4.78 is 21.9. The average molecular weight is 366 g/mol. The number of ether oxygens (including phenoxy) is 4. The fourth-order valence-electron chi connectivity index (χ4n) is 3.46. The smallest absolute Gasteiger partial charge is 0.246 e.